The van der Waals surface area contributed by atoms with Crippen LogP contribution in [0.4, 0.5) is 5.69 Å². The summed E-state index contributed by atoms with van der Waals surface area (Å²) in [6.45, 7) is 0.318. The molecule has 1 N–H and O–H groups in total. The zero-order chi connectivity index (χ0) is 23.4. The van der Waals surface area contributed by atoms with E-state index in [1.165, 1.54) is 22.5 Å². The molecule has 2 heterocycles. The monoisotopic (exact) mass is 487 g/mol. The molecule has 0 unspecified atom stereocenters. The smallest absolute Gasteiger partial charge is 0.340 e. The van der Waals surface area contributed by atoms with Crippen LogP contribution in [0, 0.1) is 0 Å². The van der Waals surface area contributed by atoms with Crippen molar-refractivity contribution in [3.05, 3.63) is 65.3 Å². The molecular formula is C23H22ClN3O5S. The molecule has 10 heteroatoms. The predicted octanol–water partition coefficient (Wildman–Crippen LogP) is 3.86. The van der Waals surface area contributed by atoms with Gasteiger partial charge in [0.1, 0.15) is 0 Å². The second kappa shape index (κ2) is 9.86. The lowest BCUT2D eigenvalue weighted by atomic mass is 10.2. The van der Waals surface area contributed by atoms with Gasteiger partial charge in [-0.25, -0.2) is 13.2 Å². The van der Waals surface area contributed by atoms with E-state index in [1.54, 1.807) is 24.4 Å². The second-order valence-corrected chi connectivity index (χ2v) is 9.95. The molecule has 2 aromatic carbocycles. The Bertz CT molecular complexity index is 1300. The lowest BCUT2D eigenvalue weighted by molar-refractivity contribution is -0.119. The van der Waals surface area contributed by atoms with Crippen LogP contribution < -0.4 is 5.32 Å². The average molecular weight is 488 g/mol. The van der Waals surface area contributed by atoms with Gasteiger partial charge in [0.25, 0.3) is 5.91 Å². The molecule has 0 atom stereocenters. The Morgan fingerprint density at radius 1 is 1.06 bits per heavy atom. The first kappa shape index (κ1) is 23.2. The predicted molar refractivity (Wildman–Crippen MR) is 125 cm³/mol. The molecule has 0 spiro atoms. The van der Waals surface area contributed by atoms with Crippen LogP contribution in [-0.2, 0) is 19.6 Å². The highest BCUT2D eigenvalue weighted by Gasteiger charge is 2.27. The van der Waals surface area contributed by atoms with Gasteiger partial charge in [0.05, 0.1) is 26.7 Å². The fourth-order valence-corrected chi connectivity index (χ4v) is 5.42. The number of nitrogens with one attached hydrogen (secondary N) is 1. The summed E-state index contributed by atoms with van der Waals surface area (Å²) in [5, 5.41) is 3.48. The van der Waals surface area contributed by atoms with Gasteiger partial charge in [-0.15, -0.1) is 0 Å². The molecule has 33 heavy (non-hydrogen) atoms. The molecule has 1 saturated heterocycles. The highest BCUT2D eigenvalue weighted by Crippen LogP contribution is 2.26. The molecule has 1 aliphatic rings. The number of nitrogens with zero attached hydrogens (tertiary/aromatic N) is 2. The lowest BCUT2D eigenvalue weighted by Crippen LogP contribution is -2.35. The minimum Gasteiger partial charge on any atom is -0.452 e. The number of benzene rings is 2. The van der Waals surface area contributed by atoms with Crippen molar-refractivity contribution in [3.8, 4) is 0 Å². The molecule has 1 aromatic heterocycles. The summed E-state index contributed by atoms with van der Waals surface area (Å²) in [5.41, 5.74) is 1.14. The molecule has 0 radical (unpaired) electrons. The summed E-state index contributed by atoms with van der Waals surface area (Å²) in [6, 6.07) is 12.8. The number of ether oxygens (including phenoxy) is 1. The largest absolute Gasteiger partial charge is 0.452 e. The minimum atomic E-state index is -3.75. The Morgan fingerprint density at radius 3 is 2.64 bits per heavy atom. The van der Waals surface area contributed by atoms with Gasteiger partial charge in [0.15, 0.2) is 6.61 Å². The number of fused-ring (bicyclic) bond motifs is 1. The summed E-state index contributed by atoms with van der Waals surface area (Å²) in [7, 11) is -3.75. The van der Waals surface area contributed by atoms with Gasteiger partial charge in [0, 0.05) is 24.7 Å². The zero-order valence-electron chi connectivity index (χ0n) is 17.7. The van der Waals surface area contributed by atoms with Gasteiger partial charge < -0.3 is 10.1 Å². The van der Waals surface area contributed by atoms with Crippen molar-refractivity contribution >= 4 is 50.1 Å². The molecular weight excluding hydrogens is 466 g/mol. The Balaban J connectivity index is 1.45. The molecule has 3 aromatic rings. The Kier molecular flexibility index (Phi) is 6.92. The molecule has 0 saturated carbocycles. The number of halogens is 1. The van der Waals surface area contributed by atoms with E-state index in [4.69, 9.17) is 16.3 Å². The zero-order valence-corrected chi connectivity index (χ0v) is 19.2. The number of rotatable bonds is 6. The maximum Gasteiger partial charge on any atom is 0.340 e. The van der Waals surface area contributed by atoms with Gasteiger partial charge in [-0.1, -0.05) is 24.1 Å². The first-order chi connectivity index (χ1) is 15.9. The van der Waals surface area contributed by atoms with Crippen LogP contribution in [0.1, 0.15) is 29.6 Å². The molecule has 1 amide bonds. The first-order valence-corrected chi connectivity index (χ1v) is 12.3. The number of hydrogen-bond acceptors (Lipinski definition) is 6. The third kappa shape index (κ3) is 5.16. The number of sulfonamides is 1. The Labute approximate surface area is 196 Å². The van der Waals surface area contributed by atoms with Crippen molar-refractivity contribution in [2.75, 3.05) is 25.0 Å². The number of carbonyl (C=O) groups excluding carboxylic acids is 2. The van der Waals surface area contributed by atoms with E-state index in [-0.39, 0.29) is 15.5 Å². The third-order valence-corrected chi connectivity index (χ3v) is 7.59. The summed E-state index contributed by atoms with van der Waals surface area (Å²) in [5.74, 6) is -1.43. The highest BCUT2D eigenvalue weighted by atomic mass is 35.5. The van der Waals surface area contributed by atoms with Gasteiger partial charge in [-0.2, -0.15) is 4.31 Å². The lowest BCUT2D eigenvalue weighted by Gasteiger charge is -2.26. The molecule has 0 aliphatic carbocycles. The van der Waals surface area contributed by atoms with Crippen molar-refractivity contribution in [1.82, 2.24) is 9.29 Å². The highest BCUT2D eigenvalue weighted by molar-refractivity contribution is 7.89. The van der Waals surface area contributed by atoms with Crippen molar-refractivity contribution in [3.63, 3.8) is 0 Å². The van der Waals surface area contributed by atoms with Crippen LogP contribution in [-0.4, -0.2) is 49.3 Å². The Hall–Kier alpha value is -3.01. The topological polar surface area (TPSA) is 106 Å². The number of amides is 1. The van der Waals surface area contributed by atoms with Crippen LogP contribution in [0.3, 0.4) is 0 Å². The first-order valence-electron chi connectivity index (χ1n) is 10.5. The minimum absolute atomic E-state index is 0.0338. The van der Waals surface area contributed by atoms with E-state index in [9.17, 15) is 18.0 Å². The number of esters is 1. The van der Waals surface area contributed by atoms with E-state index in [1.807, 2.05) is 12.1 Å². The van der Waals surface area contributed by atoms with Crippen LogP contribution in [0.5, 0.6) is 0 Å². The van der Waals surface area contributed by atoms with Gasteiger partial charge in [-0.3, -0.25) is 9.78 Å². The summed E-state index contributed by atoms with van der Waals surface area (Å²) >= 11 is 6.12. The quantitative estimate of drug-likeness (QED) is 0.529. The maximum absolute atomic E-state index is 12.9. The number of hydrogen-bond donors (Lipinski definition) is 1. The van der Waals surface area contributed by atoms with E-state index >= 15 is 0 Å². The fraction of sp³-hybridized carbons (Fsp3) is 0.261. The average Bonchev–Trinajstić information content (AvgIpc) is 2.83. The van der Waals surface area contributed by atoms with Crippen molar-refractivity contribution in [2.24, 2.45) is 0 Å². The molecule has 1 fully saturated rings. The Morgan fingerprint density at radius 2 is 1.85 bits per heavy atom. The van der Waals surface area contributed by atoms with E-state index in [0.29, 0.717) is 24.3 Å². The summed E-state index contributed by atoms with van der Waals surface area (Å²) < 4.78 is 32.3. The van der Waals surface area contributed by atoms with Crippen LogP contribution >= 0.6 is 11.6 Å². The van der Waals surface area contributed by atoms with Gasteiger partial charge in [0.2, 0.25) is 10.0 Å². The van der Waals surface area contributed by atoms with Gasteiger partial charge >= 0.3 is 5.97 Å². The SMILES string of the molecule is O=C(COC(=O)c1cc(S(=O)(=O)N2CCCCC2)ccc1Cl)Nc1cccc2ncccc12. The second-order valence-electron chi connectivity index (χ2n) is 7.61. The number of aromatic nitrogens is 1. The maximum atomic E-state index is 12.9. The van der Waals surface area contributed by atoms with Crippen LogP contribution in [0.25, 0.3) is 10.9 Å². The standard InChI is InChI=1S/C23H22ClN3O5S/c24-19-10-9-16(33(30,31)27-12-2-1-3-13-27)14-18(19)23(29)32-15-22(28)26-21-8-4-7-20-17(21)6-5-11-25-20/h4-11,14H,1-3,12-13,15H2,(H,26,28). The molecule has 1 aliphatic heterocycles. The van der Waals surface area contributed by atoms with Crippen molar-refractivity contribution in [1.29, 1.82) is 0 Å². The normalized spacial score (nSPS) is 14.7. The van der Waals surface area contributed by atoms with E-state index in [2.05, 4.69) is 10.3 Å². The number of piperidine rings is 1. The number of anilines is 1. The summed E-state index contributed by atoms with van der Waals surface area (Å²) in [4.78, 5) is 29.1. The van der Waals surface area contributed by atoms with E-state index < -0.39 is 28.5 Å². The fourth-order valence-electron chi connectivity index (χ4n) is 3.68. The van der Waals surface area contributed by atoms with E-state index in [0.717, 1.165) is 24.6 Å². The molecule has 4 rings (SSSR count). The summed E-state index contributed by atoms with van der Waals surface area (Å²) in [6.07, 6.45) is 4.23. The van der Waals surface area contributed by atoms with Crippen LogP contribution in [0.15, 0.2) is 59.6 Å². The van der Waals surface area contributed by atoms with Gasteiger partial charge in [-0.05, 0) is 55.3 Å². The molecule has 0 bridgehead atoms. The van der Waals surface area contributed by atoms with Crippen molar-refractivity contribution < 1.29 is 22.7 Å². The van der Waals surface area contributed by atoms with Crippen LogP contribution in [0.2, 0.25) is 5.02 Å². The molecule has 8 nitrogen and oxygen atoms in total. The number of carbonyl (C=O) groups is 2. The van der Waals surface area contributed by atoms with Crippen molar-refractivity contribution in [2.45, 2.75) is 24.2 Å². The third-order valence-electron chi connectivity index (χ3n) is 5.36. The number of pyridine rings is 1. The molecule has 172 valence electrons.